The largest absolute Gasteiger partial charge is 0.474 e. The Morgan fingerprint density at radius 1 is 1.03 bits per heavy atom. The van der Waals surface area contributed by atoms with Crippen molar-refractivity contribution in [2.45, 2.75) is 32.3 Å². The number of nitrogens with zero attached hydrogens (tertiary/aromatic N) is 5. The summed E-state index contributed by atoms with van der Waals surface area (Å²) in [5, 5.41) is 0.852. The van der Waals surface area contributed by atoms with Gasteiger partial charge in [-0.05, 0) is 30.7 Å². The van der Waals surface area contributed by atoms with Gasteiger partial charge in [-0.15, -0.1) is 0 Å². The fourth-order valence-corrected chi connectivity index (χ4v) is 4.96. The second kappa shape index (κ2) is 11.5. The predicted molar refractivity (Wildman–Crippen MR) is 142 cm³/mol. The van der Waals surface area contributed by atoms with Gasteiger partial charge < -0.3 is 24.0 Å². The van der Waals surface area contributed by atoms with Crippen molar-refractivity contribution in [1.82, 2.24) is 19.9 Å². The van der Waals surface area contributed by atoms with Gasteiger partial charge in [0.2, 0.25) is 5.88 Å². The molecule has 0 spiro atoms. The summed E-state index contributed by atoms with van der Waals surface area (Å²) in [5.41, 5.74) is 4.23. The van der Waals surface area contributed by atoms with Crippen LogP contribution >= 0.6 is 0 Å². The van der Waals surface area contributed by atoms with Crippen LogP contribution in [0, 0.1) is 5.92 Å². The van der Waals surface area contributed by atoms with E-state index in [1.807, 2.05) is 12.4 Å². The van der Waals surface area contributed by atoms with Gasteiger partial charge in [-0.3, -0.25) is 0 Å². The van der Waals surface area contributed by atoms with Crippen LogP contribution in [0.25, 0.3) is 22.0 Å². The van der Waals surface area contributed by atoms with E-state index in [4.69, 9.17) is 24.2 Å². The summed E-state index contributed by atoms with van der Waals surface area (Å²) in [6.45, 7) is 8.55. The van der Waals surface area contributed by atoms with Gasteiger partial charge in [0.25, 0.3) is 0 Å². The minimum absolute atomic E-state index is 0.101. The van der Waals surface area contributed by atoms with E-state index < -0.39 is 0 Å². The minimum Gasteiger partial charge on any atom is -0.474 e. The van der Waals surface area contributed by atoms with E-state index in [9.17, 15) is 0 Å². The highest BCUT2D eigenvalue weighted by Gasteiger charge is 2.20. The SMILES string of the molecule is COC[C@H](C)Cc1ncc2c(OC3CCOCC3)ncc(-c3ccc(N4CCN(C)CC4)cc3)c2n1. The molecule has 2 aliphatic heterocycles. The molecule has 0 aliphatic carbocycles. The monoisotopic (exact) mass is 491 g/mol. The smallest absolute Gasteiger partial charge is 0.224 e. The molecule has 3 aromatic rings. The number of aromatic nitrogens is 3. The minimum atomic E-state index is 0.101. The first-order valence-electron chi connectivity index (χ1n) is 13.0. The first-order valence-corrected chi connectivity index (χ1v) is 13.0. The number of rotatable bonds is 8. The maximum atomic E-state index is 6.32. The Morgan fingerprint density at radius 3 is 2.50 bits per heavy atom. The molecular weight excluding hydrogens is 454 g/mol. The van der Waals surface area contributed by atoms with Crippen molar-refractivity contribution in [3.05, 3.63) is 42.5 Å². The Labute approximate surface area is 213 Å². The number of hydrogen-bond donors (Lipinski definition) is 0. The lowest BCUT2D eigenvalue weighted by Gasteiger charge is -2.34. The van der Waals surface area contributed by atoms with Gasteiger partial charge in [-0.25, -0.2) is 15.0 Å². The zero-order chi connectivity index (χ0) is 24.9. The second-order valence-electron chi connectivity index (χ2n) is 10.1. The van der Waals surface area contributed by atoms with Crippen LogP contribution in [0.1, 0.15) is 25.6 Å². The first-order chi connectivity index (χ1) is 17.6. The molecule has 0 N–H and O–H groups in total. The lowest BCUT2D eigenvalue weighted by atomic mass is 10.0. The Bertz CT molecular complexity index is 1140. The van der Waals surface area contributed by atoms with E-state index in [1.165, 1.54) is 5.69 Å². The van der Waals surface area contributed by atoms with Crippen molar-refractivity contribution in [3.63, 3.8) is 0 Å². The molecule has 1 aromatic carbocycles. The van der Waals surface area contributed by atoms with E-state index in [1.54, 1.807) is 7.11 Å². The van der Waals surface area contributed by atoms with Crippen LogP contribution in [0.2, 0.25) is 0 Å². The molecule has 5 rings (SSSR count). The maximum absolute atomic E-state index is 6.32. The third kappa shape index (κ3) is 5.77. The number of ether oxygens (including phenoxy) is 3. The summed E-state index contributed by atoms with van der Waals surface area (Å²) in [5.74, 6) is 1.75. The fourth-order valence-electron chi connectivity index (χ4n) is 4.96. The van der Waals surface area contributed by atoms with E-state index in [0.717, 1.165) is 86.5 Å². The molecule has 0 bridgehead atoms. The number of likely N-dealkylation sites (N-methyl/N-ethyl adjacent to an activating group) is 1. The summed E-state index contributed by atoms with van der Waals surface area (Å²) in [6.07, 6.45) is 6.37. The van der Waals surface area contributed by atoms with Gasteiger partial charge in [-0.2, -0.15) is 0 Å². The van der Waals surface area contributed by atoms with Gasteiger partial charge in [0.15, 0.2) is 0 Å². The van der Waals surface area contributed by atoms with Crippen LogP contribution in [-0.4, -0.2) is 86.1 Å². The highest BCUT2D eigenvalue weighted by atomic mass is 16.5. The van der Waals surface area contributed by atoms with Crippen LogP contribution in [0.3, 0.4) is 0 Å². The van der Waals surface area contributed by atoms with Gasteiger partial charge in [0.05, 0.1) is 24.1 Å². The number of piperazine rings is 1. The molecule has 36 heavy (non-hydrogen) atoms. The number of pyridine rings is 1. The molecule has 2 aliphatic rings. The Balaban J connectivity index is 1.47. The standard InChI is InChI=1S/C28H37N5O3/c1-20(19-34-3)16-26-29-18-25-27(31-26)24(17-30-28(25)36-23-8-14-35-15-9-23)21-4-6-22(7-5-21)33-12-10-32(2)11-13-33/h4-7,17-18,20,23H,8-16,19H2,1-3H3/t20-/m1/s1. The van der Waals surface area contributed by atoms with Crippen molar-refractivity contribution in [2.75, 3.05) is 65.1 Å². The van der Waals surface area contributed by atoms with Crippen LogP contribution in [0.5, 0.6) is 5.88 Å². The maximum Gasteiger partial charge on any atom is 0.224 e. The van der Waals surface area contributed by atoms with Gasteiger partial charge in [0, 0.05) is 82.8 Å². The zero-order valence-corrected chi connectivity index (χ0v) is 21.7. The van der Waals surface area contributed by atoms with Crippen LogP contribution < -0.4 is 9.64 Å². The Morgan fingerprint density at radius 2 is 1.78 bits per heavy atom. The number of fused-ring (bicyclic) bond motifs is 1. The molecule has 0 radical (unpaired) electrons. The molecule has 192 valence electrons. The molecule has 1 atom stereocenters. The Kier molecular flexibility index (Phi) is 7.94. The van der Waals surface area contributed by atoms with Gasteiger partial charge >= 0.3 is 0 Å². The summed E-state index contributed by atoms with van der Waals surface area (Å²) in [6, 6.07) is 8.78. The topological polar surface area (TPSA) is 72.8 Å². The molecule has 8 heteroatoms. The number of anilines is 1. The summed E-state index contributed by atoms with van der Waals surface area (Å²) >= 11 is 0. The number of benzene rings is 1. The van der Waals surface area contributed by atoms with E-state index in [2.05, 4.69) is 53.0 Å². The third-order valence-corrected chi connectivity index (χ3v) is 7.11. The van der Waals surface area contributed by atoms with Crippen molar-refractivity contribution in [1.29, 1.82) is 0 Å². The van der Waals surface area contributed by atoms with E-state index >= 15 is 0 Å². The van der Waals surface area contributed by atoms with Gasteiger partial charge in [-0.1, -0.05) is 19.1 Å². The van der Waals surface area contributed by atoms with E-state index in [0.29, 0.717) is 18.4 Å². The summed E-state index contributed by atoms with van der Waals surface area (Å²) in [7, 11) is 3.91. The van der Waals surface area contributed by atoms with Crippen molar-refractivity contribution in [2.24, 2.45) is 5.92 Å². The number of methoxy groups -OCH3 is 1. The molecule has 0 unspecified atom stereocenters. The zero-order valence-electron chi connectivity index (χ0n) is 21.7. The third-order valence-electron chi connectivity index (χ3n) is 7.11. The van der Waals surface area contributed by atoms with Crippen LogP contribution in [0.15, 0.2) is 36.7 Å². The molecule has 0 amide bonds. The quantitative estimate of drug-likeness (QED) is 0.471. The lowest BCUT2D eigenvalue weighted by Crippen LogP contribution is -2.44. The van der Waals surface area contributed by atoms with Crippen LogP contribution in [-0.2, 0) is 15.9 Å². The molecule has 2 aromatic heterocycles. The normalized spacial score (nSPS) is 18.5. The highest BCUT2D eigenvalue weighted by Crippen LogP contribution is 2.33. The summed E-state index contributed by atoms with van der Waals surface area (Å²) in [4.78, 5) is 19.3. The average Bonchev–Trinajstić information content (AvgIpc) is 2.90. The van der Waals surface area contributed by atoms with Crippen molar-refractivity contribution >= 4 is 16.6 Å². The predicted octanol–water partition coefficient (Wildman–Crippen LogP) is 3.83. The molecule has 2 fully saturated rings. The molecule has 2 saturated heterocycles. The second-order valence-corrected chi connectivity index (χ2v) is 10.1. The highest BCUT2D eigenvalue weighted by molar-refractivity contribution is 5.95. The van der Waals surface area contributed by atoms with E-state index in [-0.39, 0.29) is 6.10 Å². The summed E-state index contributed by atoms with van der Waals surface area (Å²) < 4.78 is 17.1. The van der Waals surface area contributed by atoms with Gasteiger partial charge in [0.1, 0.15) is 11.9 Å². The van der Waals surface area contributed by atoms with Crippen molar-refractivity contribution < 1.29 is 14.2 Å². The lowest BCUT2D eigenvalue weighted by molar-refractivity contribution is 0.0244. The first kappa shape index (κ1) is 24.9. The average molecular weight is 492 g/mol. The molecule has 8 nitrogen and oxygen atoms in total. The number of hydrogen-bond acceptors (Lipinski definition) is 8. The molecule has 0 saturated carbocycles. The Hall–Kier alpha value is -2.81. The molecule has 4 heterocycles. The fraction of sp³-hybridized carbons (Fsp3) is 0.536. The van der Waals surface area contributed by atoms with Crippen molar-refractivity contribution in [3.8, 4) is 17.0 Å². The molecular formula is C28H37N5O3. The van der Waals surface area contributed by atoms with Crippen LogP contribution in [0.4, 0.5) is 5.69 Å².